The van der Waals surface area contributed by atoms with Gasteiger partial charge in [0.15, 0.2) is 5.03 Å². The molecule has 1 aromatic heterocycles. The van der Waals surface area contributed by atoms with Crippen molar-refractivity contribution < 1.29 is 13.5 Å². The largest absolute Gasteiger partial charge is 0.396 e. The van der Waals surface area contributed by atoms with Gasteiger partial charge in [0.2, 0.25) is 0 Å². The smallest absolute Gasteiger partial charge is 0.263 e. The molecule has 0 radical (unpaired) electrons. The van der Waals surface area contributed by atoms with Crippen molar-refractivity contribution in [1.82, 2.24) is 14.2 Å². The number of likely N-dealkylation sites (N-methyl/N-ethyl adjacent to an activating group) is 1. The molecule has 1 fully saturated rings. The predicted octanol–water partition coefficient (Wildman–Crippen LogP) is -0.651. The number of aliphatic hydroxyl groups is 1. The van der Waals surface area contributed by atoms with Gasteiger partial charge in [0.25, 0.3) is 10.0 Å². The molecule has 1 aromatic rings. The normalized spacial score (nSPS) is 24.4. The van der Waals surface area contributed by atoms with Crippen LogP contribution in [0.5, 0.6) is 0 Å². The fourth-order valence-electron chi connectivity index (χ4n) is 2.47. The zero-order chi connectivity index (χ0) is 14.9. The second kappa shape index (κ2) is 5.65. The summed E-state index contributed by atoms with van der Waals surface area (Å²) in [6.07, 6.45) is 1.17. The van der Waals surface area contributed by atoms with Crippen molar-refractivity contribution in [3.63, 3.8) is 0 Å². The summed E-state index contributed by atoms with van der Waals surface area (Å²) < 4.78 is 26.6. The molecule has 112 valence electrons. The number of pyridine rings is 1. The summed E-state index contributed by atoms with van der Waals surface area (Å²) in [4.78, 5) is 5.78. The number of nitrogens with zero attached hydrogens (tertiary/aromatic N) is 3. The average Bonchev–Trinajstić information content (AvgIpc) is 2.70. The van der Waals surface area contributed by atoms with Gasteiger partial charge in [0.1, 0.15) is 0 Å². The third-order valence-corrected chi connectivity index (χ3v) is 5.17. The van der Waals surface area contributed by atoms with E-state index in [1.807, 2.05) is 19.0 Å². The van der Waals surface area contributed by atoms with Gasteiger partial charge in [-0.15, -0.1) is 0 Å². The van der Waals surface area contributed by atoms with Crippen LogP contribution >= 0.6 is 0 Å². The van der Waals surface area contributed by atoms with Crippen molar-refractivity contribution in [3.8, 4) is 0 Å². The van der Waals surface area contributed by atoms with Crippen LogP contribution in [-0.2, 0) is 10.0 Å². The first-order valence-corrected chi connectivity index (χ1v) is 7.81. The summed E-state index contributed by atoms with van der Waals surface area (Å²) in [5.41, 5.74) is 5.84. The van der Waals surface area contributed by atoms with Gasteiger partial charge in [-0.1, -0.05) is 0 Å². The number of hydrogen-bond donors (Lipinski definition) is 2. The van der Waals surface area contributed by atoms with Gasteiger partial charge in [-0.25, -0.2) is 13.4 Å². The zero-order valence-electron chi connectivity index (χ0n) is 11.6. The highest BCUT2D eigenvalue weighted by molar-refractivity contribution is 7.89. The van der Waals surface area contributed by atoms with Crippen LogP contribution in [0.4, 0.5) is 5.69 Å². The molecule has 2 heterocycles. The maximum atomic E-state index is 12.6. The quantitative estimate of drug-likeness (QED) is 0.766. The lowest BCUT2D eigenvalue weighted by atomic mass is 10.2. The van der Waals surface area contributed by atoms with Crippen molar-refractivity contribution in [2.75, 3.05) is 32.9 Å². The Bertz CT molecular complexity index is 576. The number of sulfonamides is 1. The summed E-state index contributed by atoms with van der Waals surface area (Å²) in [5, 5.41) is 9.65. The molecule has 0 aromatic carbocycles. The van der Waals surface area contributed by atoms with Crippen LogP contribution in [0.2, 0.25) is 0 Å². The fourth-order valence-corrected chi connectivity index (χ4v) is 4.17. The van der Waals surface area contributed by atoms with E-state index in [9.17, 15) is 13.5 Å². The van der Waals surface area contributed by atoms with Gasteiger partial charge in [-0.2, -0.15) is 4.31 Å². The van der Waals surface area contributed by atoms with Crippen molar-refractivity contribution in [1.29, 1.82) is 0 Å². The predicted molar refractivity (Wildman–Crippen MR) is 75.5 cm³/mol. The summed E-state index contributed by atoms with van der Waals surface area (Å²) in [5.74, 6) is 0. The first kappa shape index (κ1) is 15.2. The van der Waals surface area contributed by atoms with Crippen molar-refractivity contribution in [2.24, 2.45) is 0 Å². The summed E-state index contributed by atoms with van der Waals surface area (Å²) in [6, 6.07) is 2.82. The molecule has 2 unspecified atom stereocenters. The number of anilines is 1. The second-order valence-corrected chi connectivity index (χ2v) is 7.08. The Morgan fingerprint density at radius 2 is 2.25 bits per heavy atom. The number of nitrogens with two attached hydrogens (primary N) is 1. The molecular weight excluding hydrogens is 280 g/mol. The summed E-state index contributed by atoms with van der Waals surface area (Å²) in [7, 11) is -0.0551. The zero-order valence-corrected chi connectivity index (χ0v) is 12.4. The molecule has 3 N–H and O–H groups in total. The van der Waals surface area contributed by atoms with E-state index in [4.69, 9.17) is 5.73 Å². The number of hydrogen-bond acceptors (Lipinski definition) is 6. The summed E-state index contributed by atoms with van der Waals surface area (Å²) in [6.45, 7) is 0.625. The highest BCUT2D eigenvalue weighted by atomic mass is 32.2. The lowest BCUT2D eigenvalue weighted by molar-refractivity contribution is 0.188. The van der Waals surface area contributed by atoms with Gasteiger partial charge in [-0.05, 0) is 32.6 Å². The fraction of sp³-hybridized carbons (Fsp3) is 0.583. The van der Waals surface area contributed by atoms with E-state index in [0.717, 1.165) is 0 Å². The maximum absolute atomic E-state index is 12.6. The van der Waals surface area contributed by atoms with Gasteiger partial charge in [0, 0.05) is 25.3 Å². The topological polar surface area (TPSA) is 99.8 Å². The maximum Gasteiger partial charge on any atom is 0.263 e. The monoisotopic (exact) mass is 300 g/mol. The van der Waals surface area contributed by atoms with E-state index in [1.54, 1.807) is 6.07 Å². The number of rotatable bonds is 4. The van der Waals surface area contributed by atoms with Gasteiger partial charge in [0.05, 0.1) is 11.8 Å². The van der Waals surface area contributed by atoms with Crippen LogP contribution in [0, 0.1) is 0 Å². The van der Waals surface area contributed by atoms with E-state index in [0.29, 0.717) is 13.0 Å². The van der Waals surface area contributed by atoms with Crippen LogP contribution in [-0.4, -0.2) is 67.0 Å². The average molecular weight is 300 g/mol. The second-order valence-electron chi connectivity index (χ2n) is 5.28. The van der Waals surface area contributed by atoms with Crippen molar-refractivity contribution in [3.05, 3.63) is 18.3 Å². The molecule has 0 saturated carbocycles. The third kappa shape index (κ3) is 2.93. The third-order valence-electron chi connectivity index (χ3n) is 3.27. The molecule has 0 aliphatic carbocycles. The number of aromatic nitrogens is 1. The molecule has 0 bridgehead atoms. The SMILES string of the molecule is CN(C)CC1CC(O)CN1S(=O)(=O)c1ncccc1N. The van der Waals surface area contributed by atoms with Crippen LogP contribution in [0.25, 0.3) is 0 Å². The van der Waals surface area contributed by atoms with E-state index in [1.165, 1.54) is 16.6 Å². The molecule has 2 rings (SSSR count). The standard InChI is InChI=1S/C12H20N4O3S/c1-15(2)7-9-6-10(17)8-16(9)20(18,19)12-11(13)4-3-5-14-12/h3-5,9-10,17H,6-8,13H2,1-2H3. The molecule has 1 aliphatic rings. The summed E-state index contributed by atoms with van der Waals surface area (Å²) >= 11 is 0. The minimum Gasteiger partial charge on any atom is -0.396 e. The van der Waals surface area contributed by atoms with Crippen LogP contribution in [0.15, 0.2) is 23.4 Å². The number of aliphatic hydroxyl groups excluding tert-OH is 1. The van der Waals surface area contributed by atoms with Crippen LogP contribution < -0.4 is 5.73 Å². The highest BCUT2D eigenvalue weighted by Gasteiger charge is 2.41. The highest BCUT2D eigenvalue weighted by Crippen LogP contribution is 2.28. The molecular formula is C12H20N4O3S. The number of β-amino-alcohol motifs (C(OH)–C–C–N with tert-alkyl or cyclic N) is 1. The van der Waals surface area contributed by atoms with Gasteiger partial charge < -0.3 is 15.7 Å². The first-order chi connectivity index (χ1) is 9.32. The lowest BCUT2D eigenvalue weighted by Crippen LogP contribution is -2.41. The molecule has 8 heteroatoms. The van der Waals surface area contributed by atoms with E-state index < -0.39 is 16.1 Å². The minimum absolute atomic E-state index is 0.0802. The molecule has 1 saturated heterocycles. The Morgan fingerprint density at radius 1 is 1.55 bits per heavy atom. The first-order valence-electron chi connectivity index (χ1n) is 6.37. The van der Waals surface area contributed by atoms with Crippen molar-refractivity contribution in [2.45, 2.75) is 23.6 Å². The Hall–Kier alpha value is -1.22. The Morgan fingerprint density at radius 3 is 2.85 bits per heavy atom. The molecule has 1 aliphatic heterocycles. The molecule has 7 nitrogen and oxygen atoms in total. The van der Waals surface area contributed by atoms with E-state index in [2.05, 4.69) is 4.98 Å². The molecule has 0 amide bonds. The Labute approximate surface area is 119 Å². The van der Waals surface area contributed by atoms with Crippen molar-refractivity contribution >= 4 is 15.7 Å². The Balaban J connectivity index is 2.35. The molecule has 20 heavy (non-hydrogen) atoms. The van der Waals surface area contributed by atoms with Gasteiger partial charge >= 0.3 is 0 Å². The number of nitrogen functional groups attached to an aromatic ring is 1. The Kier molecular flexibility index (Phi) is 4.28. The molecule has 0 spiro atoms. The van der Waals surface area contributed by atoms with E-state index in [-0.39, 0.29) is 23.3 Å². The van der Waals surface area contributed by atoms with Crippen LogP contribution in [0.1, 0.15) is 6.42 Å². The lowest BCUT2D eigenvalue weighted by Gasteiger charge is -2.26. The van der Waals surface area contributed by atoms with Gasteiger partial charge in [-0.3, -0.25) is 0 Å². The molecule has 2 atom stereocenters. The van der Waals surface area contributed by atoms with Crippen LogP contribution in [0.3, 0.4) is 0 Å². The van der Waals surface area contributed by atoms with E-state index >= 15 is 0 Å². The minimum atomic E-state index is -3.79.